The molecular weight excluding hydrogens is 272 g/mol. The number of hydrogen-bond acceptors (Lipinski definition) is 2. The average molecular weight is 296 g/mol. The van der Waals surface area contributed by atoms with Gasteiger partial charge in [-0.3, -0.25) is 0 Å². The second kappa shape index (κ2) is 6.47. The van der Waals surface area contributed by atoms with Crippen molar-refractivity contribution < 1.29 is 10.2 Å². The van der Waals surface area contributed by atoms with E-state index in [1.807, 2.05) is 60.7 Å². The smallest absolute Gasteiger partial charge is 0.0905 e. The lowest BCUT2D eigenvalue weighted by Crippen LogP contribution is -2.26. The first-order valence-corrected chi connectivity index (χ1v) is 7.54. The average Bonchev–Trinajstić information content (AvgIpc) is 2.48. The van der Waals surface area contributed by atoms with Crippen LogP contribution in [0.15, 0.2) is 72.8 Å². The van der Waals surface area contributed by atoms with Gasteiger partial charge in [-0.2, -0.15) is 0 Å². The first-order valence-electron chi connectivity index (χ1n) is 7.54. The largest absolute Gasteiger partial charge is 0.385 e. The quantitative estimate of drug-likeness (QED) is 0.787. The Bertz CT molecular complexity index is 557. The van der Waals surface area contributed by atoms with E-state index in [9.17, 15) is 10.2 Å². The Hall–Kier alpha value is -1.90. The standard InChI is InChI=1S/C20H24O2/c1-16(14-19(2,21)17-10-6-4-7-11-17)15-20(3,22)18-12-8-5-9-13-18/h4-13,21-22H,1,14-15H2,2-3H3. The lowest BCUT2D eigenvalue weighted by molar-refractivity contribution is 0.0380. The predicted octanol–water partition coefficient (Wildman–Crippen LogP) is 4.14. The molecule has 2 heteroatoms. The lowest BCUT2D eigenvalue weighted by atomic mass is 9.83. The van der Waals surface area contributed by atoms with Gasteiger partial charge in [0.25, 0.3) is 0 Å². The lowest BCUT2D eigenvalue weighted by Gasteiger charge is -2.29. The van der Waals surface area contributed by atoms with Crippen molar-refractivity contribution in [3.63, 3.8) is 0 Å². The molecule has 22 heavy (non-hydrogen) atoms. The normalized spacial score (nSPS) is 16.5. The van der Waals surface area contributed by atoms with E-state index >= 15 is 0 Å². The van der Waals surface area contributed by atoms with Gasteiger partial charge in [0, 0.05) is 12.8 Å². The van der Waals surface area contributed by atoms with Gasteiger partial charge < -0.3 is 10.2 Å². The highest BCUT2D eigenvalue weighted by atomic mass is 16.3. The van der Waals surface area contributed by atoms with Crippen LogP contribution in [0.1, 0.15) is 37.8 Å². The summed E-state index contributed by atoms with van der Waals surface area (Å²) in [4.78, 5) is 0. The summed E-state index contributed by atoms with van der Waals surface area (Å²) in [5.41, 5.74) is 0.574. The van der Waals surface area contributed by atoms with Gasteiger partial charge in [0.05, 0.1) is 11.2 Å². The van der Waals surface area contributed by atoms with Gasteiger partial charge in [-0.1, -0.05) is 72.8 Å². The molecule has 2 aromatic carbocycles. The zero-order valence-corrected chi connectivity index (χ0v) is 13.3. The van der Waals surface area contributed by atoms with E-state index in [1.54, 1.807) is 13.8 Å². The summed E-state index contributed by atoms with van der Waals surface area (Å²) in [7, 11) is 0. The van der Waals surface area contributed by atoms with Crippen LogP contribution in [-0.4, -0.2) is 10.2 Å². The molecule has 116 valence electrons. The zero-order chi connectivity index (χ0) is 16.2. The van der Waals surface area contributed by atoms with E-state index in [-0.39, 0.29) is 0 Å². The monoisotopic (exact) mass is 296 g/mol. The van der Waals surface area contributed by atoms with Crippen LogP contribution in [0.5, 0.6) is 0 Å². The fourth-order valence-corrected chi connectivity index (χ4v) is 2.83. The Balaban J connectivity index is 2.07. The van der Waals surface area contributed by atoms with Crippen LogP contribution in [0, 0.1) is 0 Å². The molecule has 0 bridgehead atoms. The highest BCUT2D eigenvalue weighted by molar-refractivity contribution is 5.26. The van der Waals surface area contributed by atoms with Gasteiger partial charge in [0.1, 0.15) is 0 Å². The summed E-state index contributed by atoms with van der Waals surface area (Å²) < 4.78 is 0. The van der Waals surface area contributed by atoms with Gasteiger partial charge in [-0.05, 0) is 25.0 Å². The third kappa shape index (κ3) is 4.06. The summed E-state index contributed by atoms with van der Waals surface area (Å²) in [5.74, 6) is 0. The molecule has 0 radical (unpaired) electrons. The van der Waals surface area contributed by atoms with Crippen molar-refractivity contribution in [3.05, 3.63) is 83.9 Å². The zero-order valence-electron chi connectivity index (χ0n) is 13.3. The Labute approximate surface area is 132 Å². The molecule has 0 aliphatic carbocycles. The molecule has 0 aliphatic heterocycles. The van der Waals surface area contributed by atoms with E-state index in [0.29, 0.717) is 12.8 Å². The van der Waals surface area contributed by atoms with E-state index in [4.69, 9.17) is 0 Å². The molecule has 0 amide bonds. The maximum atomic E-state index is 10.7. The van der Waals surface area contributed by atoms with Crippen LogP contribution in [-0.2, 0) is 11.2 Å². The second-order valence-electron chi connectivity index (χ2n) is 6.38. The van der Waals surface area contributed by atoms with Crippen molar-refractivity contribution in [2.75, 3.05) is 0 Å². The molecule has 2 atom stereocenters. The van der Waals surface area contributed by atoms with Crippen molar-refractivity contribution in [2.45, 2.75) is 37.9 Å². The Morgan fingerprint density at radius 3 is 1.41 bits per heavy atom. The van der Waals surface area contributed by atoms with Gasteiger partial charge >= 0.3 is 0 Å². The number of hydrogen-bond donors (Lipinski definition) is 2. The first-order chi connectivity index (χ1) is 10.3. The molecule has 0 aliphatic rings. The third-order valence-electron chi connectivity index (χ3n) is 3.98. The van der Waals surface area contributed by atoms with Crippen LogP contribution >= 0.6 is 0 Å². The molecule has 0 saturated carbocycles. The van der Waals surface area contributed by atoms with E-state index < -0.39 is 11.2 Å². The van der Waals surface area contributed by atoms with Crippen LogP contribution in [0.3, 0.4) is 0 Å². The van der Waals surface area contributed by atoms with E-state index in [1.165, 1.54) is 0 Å². The topological polar surface area (TPSA) is 40.5 Å². The molecule has 2 unspecified atom stereocenters. The van der Waals surface area contributed by atoms with Crippen LogP contribution in [0.25, 0.3) is 0 Å². The third-order valence-corrected chi connectivity index (χ3v) is 3.98. The van der Waals surface area contributed by atoms with Crippen molar-refractivity contribution in [3.8, 4) is 0 Å². The van der Waals surface area contributed by atoms with Crippen molar-refractivity contribution >= 4 is 0 Å². The summed E-state index contributed by atoms with van der Waals surface area (Å²) in [5, 5.41) is 21.4. The molecule has 0 spiro atoms. The molecule has 2 nitrogen and oxygen atoms in total. The van der Waals surface area contributed by atoms with Crippen LogP contribution < -0.4 is 0 Å². The van der Waals surface area contributed by atoms with Crippen molar-refractivity contribution in [1.82, 2.24) is 0 Å². The molecule has 2 aromatic rings. The molecular formula is C20H24O2. The first kappa shape index (κ1) is 16.5. The summed E-state index contributed by atoms with van der Waals surface area (Å²) >= 11 is 0. The van der Waals surface area contributed by atoms with Crippen LogP contribution in [0.2, 0.25) is 0 Å². The van der Waals surface area contributed by atoms with E-state index in [2.05, 4.69) is 6.58 Å². The Morgan fingerprint density at radius 2 is 1.09 bits per heavy atom. The maximum Gasteiger partial charge on any atom is 0.0905 e. The Kier molecular flexibility index (Phi) is 4.84. The highest BCUT2D eigenvalue weighted by Crippen LogP contribution is 2.34. The molecule has 2 N–H and O–H groups in total. The summed E-state index contributed by atoms with van der Waals surface area (Å²) in [6.45, 7) is 7.62. The maximum absolute atomic E-state index is 10.7. The number of rotatable bonds is 6. The molecule has 0 aromatic heterocycles. The van der Waals surface area contributed by atoms with Crippen molar-refractivity contribution in [2.24, 2.45) is 0 Å². The summed E-state index contributed by atoms with van der Waals surface area (Å²) in [6, 6.07) is 19.1. The molecule has 0 saturated heterocycles. The Morgan fingerprint density at radius 1 is 0.773 bits per heavy atom. The van der Waals surface area contributed by atoms with Gasteiger partial charge in [0.2, 0.25) is 0 Å². The minimum absolute atomic E-state index is 0.417. The summed E-state index contributed by atoms with van der Waals surface area (Å²) in [6.07, 6.45) is 0.833. The number of aliphatic hydroxyl groups is 2. The highest BCUT2D eigenvalue weighted by Gasteiger charge is 2.28. The van der Waals surface area contributed by atoms with Gasteiger partial charge in [-0.15, -0.1) is 0 Å². The fraction of sp³-hybridized carbons (Fsp3) is 0.300. The second-order valence-corrected chi connectivity index (χ2v) is 6.38. The minimum Gasteiger partial charge on any atom is -0.385 e. The fourth-order valence-electron chi connectivity index (χ4n) is 2.83. The predicted molar refractivity (Wildman–Crippen MR) is 90.4 cm³/mol. The van der Waals surface area contributed by atoms with Gasteiger partial charge in [0.15, 0.2) is 0 Å². The van der Waals surface area contributed by atoms with Gasteiger partial charge in [-0.25, -0.2) is 0 Å². The molecule has 0 heterocycles. The SMILES string of the molecule is C=C(CC(C)(O)c1ccccc1)CC(C)(O)c1ccccc1. The van der Waals surface area contributed by atoms with Crippen molar-refractivity contribution in [1.29, 1.82) is 0 Å². The van der Waals surface area contributed by atoms with E-state index in [0.717, 1.165) is 16.7 Å². The van der Waals surface area contributed by atoms with Crippen LogP contribution in [0.4, 0.5) is 0 Å². The minimum atomic E-state index is -0.981. The number of benzene rings is 2. The molecule has 0 fully saturated rings. The molecule has 2 rings (SSSR count).